The number of aryl methyl sites for hydroxylation is 1. The highest BCUT2D eigenvalue weighted by molar-refractivity contribution is 5.90. The quantitative estimate of drug-likeness (QED) is 0.226. The predicted molar refractivity (Wildman–Crippen MR) is 128 cm³/mol. The van der Waals surface area contributed by atoms with E-state index in [9.17, 15) is 9.59 Å². The first-order valence-corrected chi connectivity index (χ1v) is 11.2. The summed E-state index contributed by atoms with van der Waals surface area (Å²) in [5.74, 6) is 0.917. The van der Waals surface area contributed by atoms with Crippen molar-refractivity contribution in [3.63, 3.8) is 0 Å². The molecule has 4 aromatic rings. The Morgan fingerprint density at radius 1 is 0.971 bits per heavy atom. The van der Waals surface area contributed by atoms with Gasteiger partial charge in [-0.3, -0.25) is 4.79 Å². The Hall–Kier alpha value is -4.06. The van der Waals surface area contributed by atoms with Crippen LogP contribution in [0.3, 0.4) is 0 Å². The molecule has 0 saturated heterocycles. The molecule has 1 aliphatic heterocycles. The number of carbonyl (C=O) groups is 1. The van der Waals surface area contributed by atoms with E-state index in [1.54, 1.807) is 13.2 Å². The third kappa shape index (κ3) is 4.15. The van der Waals surface area contributed by atoms with Gasteiger partial charge in [-0.15, -0.1) is 0 Å². The van der Waals surface area contributed by atoms with Gasteiger partial charge in [-0.25, -0.2) is 4.79 Å². The molecule has 1 aliphatic rings. The van der Waals surface area contributed by atoms with E-state index >= 15 is 0 Å². The van der Waals surface area contributed by atoms with Crippen molar-refractivity contribution in [2.45, 2.75) is 25.7 Å². The maximum atomic E-state index is 12.4. The molecule has 34 heavy (non-hydrogen) atoms. The highest BCUT2D eigenvalue weighted by atomic mass is 16.5. The third-order valence-electron chi connectivity index (χ3n) is 6.14. The molecule has 0 amide bonds. The normalized spacial score (nSPS) is 15.0. The number of hydrogen-bond acceptors (Lipinski definition) is 6. The molecule has 1 aromatic heterocycles. The van der Waals surface area contributed by atoms with Gasteiger partial charge in [-0.05, 0) is 47.9 Å². The van der Waals surface area contributed by atoms with Crippen LogP contribution in [0.1, 0.15) is 34.6 Å². The first-order chi connectivity index (χ1) is 16.5. The van der Waals surface area contributed by atoms with Crippen LogP contribution >= 0.6 is 0 Å². The lowest BCUT2D eigenvalue weighted by Gasteiger charge is -2.26. The summed E-state index contributed by atoms with van der Waals surface area (Å²) in [6.45, 7) is 2.37. The molecule has 1 unspecified atom stereocenters. The Labute approximate surface area is 196 Å². The number of fused-ring (bicyclic) bond motifs is 3. The molecular weight excluding hydrogens is 432 g/mol. The lowest BCUT2D eigenvalue weighted by atomic mass is 9.85. The van der Waals surface area contributed by atoms with Gasteiger partial charge in [0, 0.05) is 29.4 Å². The first kappa shape index (κ1) is 21.8. The molecule has 0 fully saturated rings. The topological polar surface area (TPSA) is 75.0 Å². The second kappa shape index (κ2) is 9.06. The number of benzene rings is 3. The monoisotopic (exact) mass is 456 g/mol. The summed E-state index contributed by atoms with van der Waals surface area (Å²) < 4.78 is 22.7. The molecule has 5 rings (SSSR count). The van der Waals surface area contributed by atoms with Crippen molar-refractivity contribution in [3.8, 4) is 17.2 Å². The van der Waals surface area contributed by atoms with Crippen LogP contribution < -0.4 is 19.8 Å². The Morgan fingerprint density at radius 2 is 1.79 bits per heavy atom. The number of ether oxygens (including phenoxy) is 3. The van der Waals surface area contributed by atoms with Crippen molar-refractivity contribution < 1.29 is 23.4 Å². The number of esters is 1. The van der Waals surface area contributed by atoms with Crippen molar-refractivity contribution >= 4 is 16.9 Å². The maximum absolute atomic E-state index is 12.4. The van der Waals surface area contributed by atoms with Crippen LogP contribution in [0.5, 0.6) is 17.2 Å². The van der Waals surface area contributed by atoms with Gasteiger partial charge < -0.3 is 18.6 Å². The highest BCUT2D eigenvalue weighted by Crippen LogP contribution is 2.44. The second-order valence-corrected chi connectivity index (χ2v) is 8.33. The van der Waals surface area contributed by atoms with Crippen LogP contribution in [-0.4, -0.2) is 19.7 Å². The van der Waals surface area contributed by atoms with Crippen molar-refractivity contribution in [1.29, 1.82) is 0 Å². The zero-order chi connectivity index (χ0) is 23.7. The van der Waals surface area contributed by atoms with Crippen molar-refractivity contribution in [1.82, 2.24) is 0 Å². The molecule has 6 heteroatoms. The van der Waals surface area contributed by atoms with E-state index < -0.39 is 5.63 Å². The van der Waals surface area contributed by atoms with Gasteiger partial charge in [0.05, 0.1) is 20.1 Å². The van der Waals surface area contributed by atoms with E-state index in [2.05, 4.69) is 12.1 Å². The third-order valence-corrected chi connectivity index (χ3v) is 6.14. The maximum Gasteiger partial charge on any atom is 0.336 e. The molecule has 0 radical (unpaired) electrons. The minimum Gasteiger partial charge on any atom is -0.493 e. The predicted octanol–water partition coefficient (Wildman–Crippen LogP) is 5.17. The number of methoxy groups -OCH3 is 1. The van der Waals surface area contributed by atoms with Gasteiger partial charge in [0.2, 0.25) is 0 Å². The SMILES string of the molecule is COc1cc(C2CC(=O)Oc3ccc4c(C)cc(=O)oc4c32)ccc1OCCc1ccccc1. The van der Waals surface area contributed by atoms with E-state index in [4.69, 9.17) is 18.6 Å². The zero-order valence-corrected chi connectivity index (χ0v) is 19.0. The molecule has 3 aromatic carbocycles. The summed E-state index contributed by atoms with van der Waals surface area (Å²) in [4.78, 5) is 24.5. The minimum atomic E-state index is -0.436. The Balaban J connectivity index is 1.50. The van der Waals surface area contributed by atoms with Crippen molar-refractivity contribution in [2.75, 3.05) is 13.7 Å². The highest BCUT2D eigenvalue weighted by Gasteiger charge is 2.32. The molecule has 172 valence electrons. The Bertz CT molecular complexity index is 1420. The fourth-order valence-electron chi connectivity index (χ4n) is 4.47. The Morgan fingerprint density at radius 3 is 2.59 bits per heavy atom. The molecular formula is C28H24O6. The minimum absolute atomic E-state index is 0.126. The van der Waals surface area contributed by atoms with Gasteiger partial charge in [-0.1, -0.05) is 36.4 Å². The van der Waals surface area contributed by atoms with Gasteiger partial charge in [0.1, 0.15) is 11.3 Å². The summed E-state index contributed by atoms with van der Waals surface area (Å²) in [5.41, 5.74) is 3.55. The standard InChI is InChI=1S/C28H24O6/c1-17-14-25(29)34-28-20(17)9-11-23-27(28)21(16-26(30)33-23)19-8-10-22(24(15-19)31-2)32-13-12-18-6-4-3-5-7-18/h3-11,14-15,21H,12-13,16H2,1-2H3. The largest absolute Gasteiger partial charge is 0.493 e. The summed E-state index contributed by atoms with van der Waals surface area (Å²) in [5, 5.41) is 0.814. The summed E-state index contributed by atoms with van der Waals surface area (Å²) in [7, 11) is 1.59. The lowest BCUT2D eigenvalue weighted by molar-refractivity contribution is -0.135. The van der Waals surface area contributed by atoms with Gasteiger partial charge in [0.15, 0.2) is 11.5 Å². The van der Waals surface area contributed by atoms with Gasteiger partial charge in [0.25, 0.3) is 0 Å². The van der Waals surface area contributed by atoms with Crippen LogP contribution in [0.4, 0.5) is 0 Å². The smallest absolute Gasteiger partial charge is 0.336 e. The number of hydrogen-bond donors (Lipinski definition) is 0. The Kier molecular flexibility index (Phi) is 5.80. The average Bonchev–Trinajstić information content (AvgIpc) is 2.84. The number of carbonyl (C=O) groups excluding carboxylic acids is 1. The van der Waals surface area contributed by atoms with E-state index in [-0.39, 0.29) is 18.3 Å². The molecule has 6 nitrogen and oxygen atoms in total. The van der Waals surface area contributed by atoms with Crippen LogP contribution in [-0.2, 0) is 11.2 Å². The van der Waals surface area contributed by atoms with E-state index in [0.29, 0.717) is 35.0 Å². The summed E-state index contributed by atoms with van der Waals surface area (Å²) >= 11 is 0. The van der Waals surface area contributed by atoms with Crippen molar-refractivity contribution in [3.05, 3.63) is 99.4 Å². The first-order valence-electron chi connectivity index (χ1n) is 11.2. The van der Waals surface area contributed by atoms with Crippen LogP contribution in [0.25, 0.3) is 11.0 Å². The zero-order valence-electron chi connectivity index (χ0n) is 19.0. The molecule has 0 N–H and O–H groups in total. The lowest BCUT2D eigenvalue weighted by Crippen LogP contribution is -2.21. The van der Waals surface area contributed by atoms with E-state index in [1.165, 1.54) is 11.6 Å². The average molecular weight is 456 g/mol. The van der Waals surface area contributed by atoms with E-state index in [1.807, 2.05) is 49.4 Å². The molecule has 1 atom stereocenters. The molecule has 0 bridgehead atoms. The molecule has 0 spiro atoms. The van der Waals surface area contributed by atoms with E-state index in [0.717, 1.165) is 22.9 Å². The molecule has 0 aliphatic carbocycles. The van der Waals surface area contributed by atoms with Gasteiger partial charge in [-0.2, -0.15) is 0 Å². The molecule has 2 heterocycles. The van der Waals surface area contributed by atoms with Gasteiger partial charge >= 0.3 is 11.6 Å². The van der Waals surface area contributed by atoms with Crippen molar-refractivity contribution in [2.24, 2.45) is 0 Å². The fraction of sp³-hybridized carbons (Fsp3) is 0.214. The van der Waals surface area contributed by atoms with Crippen LogP contribution in [0.15, 0.2) is 75.9 Å². The summed E-state index contributed by atoms with van der Waals surface area (Å²) in [6.07, 6.45) is 0.902. The van der Waals surface area contributed by atoms with Crippen LogP contribution in [0.2, 0.25) is 0 Å². The summed E-state index contributed by atoms with van der Waals surface area (Å²) in [6, 6.07) is 20.8. The van der Waals surface area contributed by atoms with Crippen LogP contribution in [0, 0.1) is 6.92 Å². The fourth-order valence-corrected chi connectivity index (χ4v) is 4.47. The molecule has 0 saturated carbocycles. The second-order valence-electron chi connectivity index (χ2n) is 8.33. The number of rotatable bonds is 6.